The Morgan fingerprint density at radius 2 is 1.81 bits per heavy atom. The van der Waals surface area contributed by atoms with Crippen LogP contribution in [0.3, 0.4) is 0 Å². The summed E-state index contributed by atoms with van der Waals surface area (Å²) < 4.78 is 26.7. The van der Waals surface area contributed by atoms with E-state index in [0.717, 1.165) is 36.9 Å². The number of hydrogen-bond donors (Lipinski definition) is 1. The molecule has 0 fully saturated rings. The van der Waals surface area contributed by atoms with Crippen molar-refractivity contribution in [2.45, 2.75) is 30.6 Å². The van der Waals surface area contributed by atoms with Gasteiger partial charge in [0.1, 0.15) is 0 Å². The first-order chi connectivity index (χ1) is 7.68. The Bertz CT molecular complexity index is 572. The molecule has 2 aliphatic rings. The molecule has 1 aliphatic heterocycles. The molecule has 1 N–H and O–H groups in total. The largest absolute Gasteiger partial charge is 0.283 e. The quantitative estimate of drug-likeness (QED) is 0.749. The molecule has 0 atom stereocenters. The SMILES string of the molecule is O=S1(=O)NC2=C(CCCC2)c2ccccc21. The molecule has 3 rings (SSSR count). The summed E-state index contributed by atoms with van der Waals surface area (Å²) in [6.45, 7) is 0. The Kier molecular flexibility index (Phi) is 2.07. The third-order valence-corrected chi connectivity index (χ3v) is 4.68. The fourth-order valence-corrected chi connectivity index (χ4v) is 3.88. The van der Waals surface area contributed by atoms with E-state index in [4.69, 9.17) is 0 Å². The molecule has 3 nitrogen and oxygen atoms in total. The minimum atomic E-state index is -3.32. The first-order valence-electron chi connectivity index (χ1n) is 5.53. The van der Waals surface area contributed by atoms with Gasteiger partial charge in [0.15, 0.2) is 0 Å². The summed E-state index contributed by atoms with van der Waals surface area (Å²) in [6.07, 6.45) is 4.05. The maximum Gasteiger partial charge on any atom is 0.262 e. The van der Waals surface area contributed by atoms with E-state index in [9.17, 15) is 8.42 Å². The van der Waals surface area contributed by atoms with Gasteiger partial charge in [-0.2, -0.15) is 0 Å². The fraction of sp³-hybridized carbons (Fsp3) is 0.333. The highest BCUT2D eigenvalue weighted by atomic mass is 32.2. The van der Waals surface area contributed by atoms with Gasteiger partial charge >= 0.3 is 0 Å². The van der Waals surface area contributed by atoms with Gasteiger partial charge in [0, 0.05) is 5.70 Å². The molecule has 0 saturated carbocycles. The Labute approximate surface area is 95.2 Å². The molecule has 0 aromatic heterocycles. The van der Waals surface area contributed by atoms with Gasteiger partial charge in [0.2, 0.25) is 0 Å². The van der Waals surface area contributed by atoms with Gasteiger partial charge in [-0.25, -0.2) is 8.42 Å². The number of hydrogen-bond acceptors (Lipinski definition) is 2. The lowest BCUT2D eigenvalue weighted by atomic mass is 9.91. The molecule has 0 spiro atoms. The number of nitrogens with one attached hydrogen (secondary N) is 1. The highest BCUT2D eigenvalue weighted by Gasteiger charge is 2.29. The third-order valence-electron chi connectivity index (χ3n) is 3.23. The van der Waals surface area contributed by atoms with Gasteiger partial charge in [-0.05, 0) is 42.9 Å². The predicted octanol–water partition coefficient (Wildman–Crippen LogP) is 2.26. The van der Waals surface area contributed by atoms with E-state index < -0.39 is 10.0 Å². The number of rotatable bonds is 0. The van der Waals surface area contributed by atoms with Crippen LogP contribution >= 0.6 is 0 Å². The number of sulfonamides is 1. The highest BCUT2D eigenvalue weighted by Crippen LogP contribution is 2.38. The van der Waals surface area contributed by atoms with E-state index in [1.807, 2.05) is 12.1 Å². The molecule has 1 aliphatic carbocycles. The molecule has 0 amide bonds. The van der Waals surface area contributed by atoms with E-state index in [0.29, 0.717) is 4.90 Å². The molecule has 84 valence electrons. The Morgan fingerprint density at radius 3 is 2.69 bits per heavy atom. The van der Waals surface area contributed by atoms with Crippen molar-refractivity contribution < 1.29 is 8.42 Å². The van der Waals surface area contributed by atoms with E-state index >= 15 is 0 Å². The third kappa shape index (κ3) is 1.37. The molecule has 0 saturated heterocycles. The molecule has 16 heavy (non-hydrogen) atoms. The van der Waals surface area contributed by atoms with Crippen LogP contribution in [-0.4, -0.2) is 8.42 Å². The van der Waals surface area contributed by atoms with Gasteiger partial charge in [-0.15, -0.1) is 0 Å². The number of benzene rings is 1. The van der Waals surface area contributed by atoms with Gasteiger partial charge in [-0.1, -0.05) is 18.2 Å². The summed E-state index contributed by atoms with van der Waals surface area (Å²) in [5, 5.41) is 0. The van der Waals surface area contributed by atoms with Crippen LogP contribution in [-0.2, 0) is 10.0 Å². The van der Waals surface area contributed by atoms with Crippen molar-refractivity contribution in [3.8, 4) is 0 Å². The van der Waals surface area contributed by atoms with Crippen LogP contribution in [0.25, 0.3) is 5.57 Å². The van der Waals surface area contributed by atoms with Crippen LogP contribution in [0.5, 0.6) is 0 Å². The van der Waals surface area contributed by atoms with Crippen molar-refractivity contribution in [3.63, 3.8) is 0 Å². The lowest BCUT2D eigenvalue weighted by Crippen LogP contribution is -2.30. The van der Waals surface area contributed by atoms with E-state index in [2.05, 4.69) is 4.72 Å². The monoisotopic (exact) mass is 235 g/mol. The zero-order valence-electron chi connectivity index (χ0n) is 8.86. The first-order valence-corrected chi connectivity index (χ1v) is 7.01. The summed E-state index contributed by atoms with van der Waals surface area (Å²) >= 11 is 0. The molecule has 4 heteroatoms. The van der Waals surface area contributed by atoms with E-state index in [1.165, 1.54) is 5.57 Å². The van der Waals surface area contributed by atoms with Crippen molar-refractivity contribution >= 4 is 15.6 Å². The molecule has 1 aromatic carbocycles. The summed E-state index contributed by atoms with van der Waals surface area (Å²) in [4.78, 5) is 0.427. The minimum Gasteiger partial charge on any atom is -0.283 e. The second-order valence-corrected chi connectivity index (χ2v) is 5.92. The number of fused-ring (bicyclic) bond motifs is 2. The molecule has 1 aromatic rings. The maximum absolute atomic E-state index is 12.0. The molecule has 0 radical (unpaired) electrons. The summed E-state index contributed by atoms with van der Waals surface area (Å²) in [5.41, 5.74) is 3.00. The summed E-state index contributed by atoms with van der Waals surface area (Å²) in [6, 6.07) is 7.26. The van der Waals surface area contributed by atoms with Gasteiger partial charge in [0.05, 0.1) is 4.90 Å². The van der Waals surface area contributed by atoms with Crippen LogP contribution in [0.1, 0.15) is 31.2 Å². The Morgan fingerprint density at radius 1 is 1.06 bits per heavy atom. The van der Waals surface area contributed by atoms with Crippen molar-refractivity contribution in [2.24, 2.45) is 0 Å². The molecule has 1 heterocycles. The second-order valence-electron chi connectivity index (χ2n) is 4.27. The standard InChI is InChI=1S/C12H13NO2S/c14-16(15)12-8-4-2-6-10(12)9-5-1-3-7-11(9)13-16/h2,4,6,8,13H,1,3,5,7H2. The zero-order valence-corrected chi connectivity index (χ0v) is 9.68. The van der Waals surface area contributed by atoms with Crippen molar-refractivity contribution in [1.82, 2.24) is 4.72 Å². The van der Waals surface area contributed by atoms with Crippen molar-refractivity contribution in [3.05, 3.63) is 35.5 Å². The molecular formula is C12H13NO2S. The fourth-order valence-electron chi connectivity index (χ4n) is 2.48. The minimum absolute atomic E-state index is 0.427. The van der Waals surface area contributed by atoms with Gasteiger partial charge in [-0.3, -0.25) is 4.72 Å². The molecule has 0 bridgehead atoms. The van der Waals surface area contributed by atoms with Crippen LogP contribution in [0.4, 0.5) is 0 Å². The maximum atomic E-state index is 12.0. The second kappa shape index (κ2) is 3.35. The lowest BCUT2D eigenvalue weighted by Gasteiger charge is -2.27. The predicted molar refractivity (Wildman–Crippen MR) is 62.2 cm³/mol. The number of allylic oxidation sites excluding steroid dienone is 2. The average Bonchev–Trinajstić information content (AvgIpc) is 2.29. The Balaban J connectivity index is 2.29. The molecular weight excluding hydrogens is 222 g/mol. The topological polar surface area (TPSA) is 46.2 Å². The Hall–Kier alpha value is -1.29. The van der Waals surface area contributed by atoms with Crippen molar-refractivity contribution in [1.29, 1.82) is 0 Å². The van der Waals surface area contributed by atoms with Crippen LogP contribution < -0.4 is 4.72 Å². The normalized spacial score (nSPS) is 22.0. The highest BCUT2D eigenvalue weighted by molar-refractivity contribution is 7.89. The van der Waals surface area contributed by atoms with Gasteiger partial charge < -0.3 is 0 Å². The van der Waals surface area contributed by atoms with E-state index in [-0.39, 0.29) is 0 Å². The van der Waals surface area contributed by atoms with Crippen LogP contribution in [0.15, 0.2) is 34.9 Å². The van der Waals surface area contributed by atoms with Crippen LogP contribution in [0, 0.1) is 0 Å². The average molecular weight is 235 g/mol. The zero-order chi connectivity index (χ0) is 11.2. The summed E-state index contributed by atoms with van der Waals surface area (Å²) in [5.74, 6) is 0. The first kappa shape index (κ1) is 9.90. The van der Waals surface area contributed by atoms with Crippen LogP contribution in [0.2, 0.25) is 0 Å². The van der Waals surface area contributed by atoms with Gasteiger partial charge in [0.25, 0.3) is 10.0 Å². The summed E-state index contributed by atoms with van der Waals surface area (Å²) in [7, 11) is -3.32. The lowest BCUT2D eigenvalue weighted by molar-refractivity contribution is 0.579. The molecule has 0 unspecified atom stereocenters. The smallest absolute Gasteiger partial charge is 0.262 e. The van der Waals surface area contributed by atoms with Crippen molar-refractivity contribution in [2.75, 3.05) is 0 Å². The van der Waals surface area contributed by atoms with E-state index in [1.54, 1.807) is 12.1 Å².